The third-order valence-corrected chi connectivity index (χ3v) is 2.82. The van der Waals surface area contributed by atoms with Gasteiger partial charge in [-0.1, -0.05) is 18.0 Å². The highest BCUT2D eigenvalue weighted by Gasteiger charge is 2.09. The molecule has 0 aliphatic heterocycles. The molecule has 0 saturated heterocycles. The molecule has 2 N–H and O–H groups in total. The fourth-order valence-electron chi connectivity index (χ4n) is 1.82. The van der Waals surface area contributed by atoms with Gasteiger partial charge in [-0.25, -0.2) is 9.97 Å². The van der Waals surface area contributed by atoms with E-state index in [1.165, 1.54) is 0 Å². The van der Waals surface area contributed by atoms with E-state index in [1.807, 2.05) is 6.92 Å². The molecule has 2 aromatic heterocycles. The molecule has 0 spiro atoms. The maximum atomic E-state index is 5.45. The number of hydrogen-bond donors (Lipinski definition) is 1. The van der Waals surface area contributed by atoms with Crippen molar-refractivity contribution in [3.63, 3.8) is 0 Å². The summed E-state index contributed by atoms with van der Waals surface area (Å²) in [7, 11) is 0. The Kier molecular flexibility index (Phi) is 4.97. The van der Waals surface area contributed by atoms with E-state index in [4.69, 9.17) is 10.3 Å². The summed E-state index contributed by atoms with van der Waals surface area (Å²) in [6, 6.07) is 1.78. The van der Waals surface area contributed by atoms with Crippen LogP contribution in [0.3, 0.4) is 0 Å². The Balaban J connectivity index is 1.88. The largest absolute Gasteiger partial charge is 0.339 e. The maximum Gasteiger partial charge on any atom is 0.227 e. The minimum Gasteiger partial charge on any atom is -0.339 e. The Labute approximate surface area is 112 Å². The van der Waals surface area contributed by atoms with Crippen molar-refractivity contribution in [2.45, 2.75) is 39.0 Å². The predicted octanol–water partition coefficient (Wildman–Crippen LogP) is 1.90. The second-order valence-corrected chi connectivity index (χ2v) is 4.45. The number of rotatable bonds is 7. The Hall–Kier alpha value is -1.82. The fraction of sp³-hybridized carbons (Fsp3) is 0.538. The highest BCUT2D eigenvalue weighted by molar-refractivity contribution is 5.46. The van der Waals surface area contributed by atoms with Gasteiger partial charge in [-0.2, -0.15) is 4.98 Å². The van der Waals surface area contributed by atoms with Crippen LogP contribution in [-0.4, -0.2) is 26.7 Å². The van der Waals surface area contributed by atoms with Crippen LogP contribution >= 0.6 is 0 Å². The number of hydrogen-bond acceptors (Lipinski definition) is 6. The van der Waals surface area contributed by atoms with Crippen LogP contribution in [0.1, 0.15) is 37.4 Å². The van der Waals surface area contributed by atoms with Crippen LogP contribution in [0.5, 0.6) is 0 Å². The monoisotopic (exact) mass is 261 g/mol. The topological polar surface area (TPSA) is 90.7 Å². The van der Waals surface area contributed by atoms with Gasteiger partial charge in [0, 0.05) is 12.6 Å². The second-order valence-electron chi connectivity index (χ2n) is 4.45. The van der Waals surface area contributed by atoms with E-state index in [2.05, 4.69) is 20.1 Å². The zero-order valence-electron chi connectivity index (χ0n) is 11.2. The van der Waals surface area contributed by atoms with E-state index in [1.54, 1.807) is 12.3 Å². The first kappa shape index (κ1) is 13.6. The van der Waals surface area contributed by atoms with Gasteiger partial charge in [-0.15, -0.1) is 0 Å². The summed E-state index contributed by atoms with van der Waals surface area (Å²) in [5, 5.41) is 3.95. The van der Waals surface area contributed by atoms with E-state index in [9.17, 15) is 0 Å². The predicted molar refractivity (Wildman–Crippen MR) is 71.3 cm³/mol. The highest BCUT2D eigenvalue weighted by atomic mass is 16.5. The highest BCUT2D eigenvalue weighted by Crippen LogP contribution is 2.14. The summed E-state index contributed by atoms with van der Waals surface area (Å²) in [4.78, 5) is 12.7. The van der Waals surface area contributed by atoms with Crippen molar-refractivity contribution in [2.75, 3.05) is 6.54 Å². The Morgan fingerprint density at radius 3 is 2.79 bits per heavy atom. The smallest absolute Gasteiger partial charge is 0.227 e. The molecule has 2 rings (SSSR count). The van der Waals surface area contributed by atoms with Gasteiger partial charge in [-0.3, -0.25) is 0 Å². The molecule has 6 nitrogen and oxygen atoms in total. The van der Waals surface area contributed by atoms with E-state index < -0.39 is 0 Å². The van der Waals surface area contributed by atoms with Gasteiger partial charge < -0.3 is 10.3 Å². The molecule has 0 aliphatic rings. The molecular weight excluding hydrogens is 242 g/mol. The third-order valence-electron chi connectivity index (χ3n) is 2.82. The first-order valence-corrected chi connectivity index (χ1v) is 6.62. The third kappa shape index (κ3) is 4.10. The first-order chi connectivity index (χ1) is 9.29. The lowest BCUT2D eigenvalue weighted by atomic mass is 10.1. The van der Waals surface area contributed by atoms with Crippen molar-refractivity contribution in [1.82, 2.24) is 20.1 Å². The van der Waals surface area contributed by atoms with Crippen LogP contribution in [0.2, 0.25) is 0 Å². The molecule has 0 fully saturated rings. The Morgan fingerprint density at radius 1 is 1.16 bits per heavy atom. The molecule has 6 heteroatoms. The fourth-order valence-corrected chi connectivity index (χ4v) is 1.82. The zero-order chi connectivity index (χ0) is 13.5. The minimum atomic E-state index is 0.530. The van der Waals surface area contributed by atoms with Crippen LogP contribution in [0, 0.1) is 6.92 Å². The molecule has 0 atom stereocenters. The summed E-state index contributed by atoms with van der Waals surface area (Å²) < 4.78 is 5.22. The second kappa shape index (κ2) is 6.94. The molecule has 0 aliphatic carbocycles. The molecule has 0 unspecified atom stereocenters. The van der Waals surface area contributed by atoms with Gasteiger partial charge in [0.1, 0.15) is 11.5 Å². The molecule has 2 heterocycles. The SMILES string of the molecule is Cc1nccc(-c2noc(CCCCCCN)n2)n1. The number of unbranched alkanes of at least 4 members (excludes halogenated alkanes) is 3. The van der Waals surface area contributed by atoms with Crippen molar-refractivity contribution in [3.05, 3.63) is 24.0 Å². The van der Waals surface area contributed by atoms with Crippen molar-refractivity contribution >= 4 is 0 Å². The molecule has 19 heavy (non-hydrogen) atoms. The van der Waals surface area contributed by atoms with Gasteiger partial charge in [0.2, 0.25) is 11.7 Å². The quantitative estimate of drug-likeness (QED) is 0.765. The van der Waals surface area contributed by atoms with Crippen LogP contribution in [-0.2, 0) is 6.42 Å². The molecule has 0 aromatic carbocycles. The summed E-state index contributed by atoms with van der Waals surface area (Å²) in [5.41, 5.74) is 6.15. The van der Waals surface area contributed by atoms with E-state index >= 15 is 0 Å². The minimum absolute atomic E-state index is 0.530. The Morgan fingerprint density at radius 2 is 2.00 bits per heavy atom. The van der Waals surface area contributed by atoms with Crippen LogP contribution in [0.25, 0.3) is 11.5 Å². The lowest BCUT2D eigenvalue weighted by Gasteiger charge is -1.96. The van der Waals surface area contributed by atoms with Gasteiger partial charge in [-0.05, 0) is 32.4 Å². The lowest BCUT2D eigenvalue weighted by Crippen LogP contribution is -1.97. The molecule has 0 radical (unpaired) electrons. The average molecular weight is 261 g/mol. The summed E-state index contributed by atoms with van der Waals surface area (Å²) in [6.07, 6.45) is 6.92. The molecule has 0 amide bonds. The number of nitrogens with zero attached hydrogens (tertiary/aromatic N) is 4. The van der Waals surface area contributed by atoms with Crippen molar-refractivity contribution in [1.29, 1.82) is 0 Å². The molecule has 0 saturated carbocycles. The van der Waals surface area contributed by atoms with Gasteiger partial charge in [0.05, 0.1) is 0 Å². The summed E-state index contributed by atoms with van der Waals surface area (Å²) >= 11 is 0. The molecular formula is C13H19N5O. The first-order valence-electron chi connectivity index (χ1n) is 6.62. The Bertz CT molecular complexity index is 511. The molecule has 102 valence electrons. The summed E-state index contributed by atoms with van der Waals surface area (Å²) in [6.45, 7) is 2.60. The average Bonchev–Trinajstić information content (AvgIpc) is 2.87. The van der Waals surface area contributed by atoms with Crippen molar-refractivity contribution in [2.24, 2.45) is 5.73 Å². The molecule has 0 bridgehead atoms. The van der Waals surface area contributed by atoms with Gasteiger partial charge in [0.15, 0.2) is 0 Å². The van der Waals surface area contributed by atoms with Crippen molar-refractivity contribution < 1.29 is 4.52 Å². The normalized spacial score (nSPS) is 10.8. The number of aryl methyl sites for hydroxylation is 2. The van der Waals surface area contributed by atoms with Gasteiger partial charge >= 0.3 is 0 Å². The summed E-state index contributed by atoms with van der Waals surface area (Å²) in [5.74, 6) is 1.90. The van der Waals surface area contributed by atoms with E-state index in [0.29, 0.717) is 23.2 Å². The van der Waals surface area contributed by atoms with Crippen LogP contribution < -0.4 is 5.73 Å². The number of nitrogens with two attached hydrogens (primary N) is 1. The van der Waals surface area contributed by atoms with E-state index in [-0.39, 0.29) is 0 Å². The van der Waals surface area contributed by atoms with E-state index in [0.717, 1.165) is 38.6 Å². The van der Waals surface area contributed by atoms with Gasteiger partial charge in [0.25, 0.3) is 0 Å². The van der Waals surface area contributed by atoms with Crippen LogP contribution in [0.15, 0.2) is 16.8 Å². The number of aromatic nitrogens is 4. The van der Waals surface area contributed by atoms with Crippen molar-refractivity contribution in [3.8, 4) is 11.5 Å². The zero-order valence-corrected chi connectivity index (χ0v) is 11.2. The van der Waals surface area contributed by atoms with Crippen LogP contribution in [0.4, 0.5) is 0 Å². The molecule has 2 aromatic rings. The lowest BCUT2D eigenvalue weighted by molar-refractivity contribution is 0.374. The standard InChI is InChI=1S/C13H19N5O/c1-10-15-9-7-11(16-10)13-17-12(19-18-13)6-4-2-3-5-8-14/h7,9H,2-6,8,14H2,1H3. The maximum absolute atomic E-state index is 5.45.